The quantitative estimate of drug-likeness (QED) is 0.420. The maximum atomic E-state index is 13.9. The van der Waals surface area contributed by atoms with Gasteiger partial charge in [-0.15, -0.1) is 0 Å². The minimum atomic E-state index is -0.729. The number of H-pyrrole nitrogens is 1. The predicted molar refractivity (Wildman–Crippen MR) is 120 cm³/mol. The van der Waals surface area contributed by atoms with Gasteiger partial charge < -0.3 is 15.0 Å². The van der Waals surface area contributed by atoms with Crippen LogP contribution in [0.2, 0.25) is 0 Å². The number of aromatic nitrogens is 4. The molecule has 4 rings (SSSR count). The first-order valence-corrected chi connectivity index (χ1v) is 10.2. The molecule has 0 saturated heterocycles. The van der Waals surface area contributed by atoms with Crippen LogP contribution in [0.4, 0.5) is 20.4 Å². The maximum absolute atomic E-state index is 13.9. The van der Waals surface area contributed by atoms with Crippen molar-refractivity contribution >= 4 is 22.7 Å². The van der Waals surface area contributed by atoms with Crippen molar-refractivity contribution in [1.29, 1.82) is 0 Å². The van der Waals surface area contributed by atoms with E-state index < -0.39 is 11.6 Å². The van der Waals surface area contributed by atoms with Crippen molar-refractivity contribution in [2.24, 2.45) is 0 Å². The number of methoxy groups -OCH3 is 1. The Morgan fingerprint density at radius 3 is 2.72 bits per heavy atom. The normalized spacial score (nSPS) is 11.3. The molecule has 0 fully saturated rings. The second-order valence-electron chi connectivity index (χ2n) is 7.72. The maximum Gasteiger partial charge on any atom is 0.229 e. The highest BCUT2D eigenvalue weighted by Crippen LogP contribution is 2.34. The fraction of sp³-hybridized carbons (Fsp3) is 0.261. The van der Waals surface area contributed by atoms with E-state index in [2.05, 4.69) is 56.6 Å². The van der Waals surface area contributed by atoms with Crippen molar-refractivity contribution in [3.8, 4) is 17.0 Å². The number of nitrogens with zero attached hydrogens (tertiary/aromatic N) is 4. The molecule has 0 bridgehead atoms. The van der Waals surface area contributed by atoms with Gasteiger partial charge in [-0.2, -0.15) is 10.1 Å². The van der Waals surface area contributed by atoms with E-state index >= 15 is 0 Å². The summed E-state index contributed by atoms with van der Waals surface area (Å²) in [6.07, 6.45) is 3.60. The number of aryl methyl sites for hydroxylation is 1. The standard InChI is InChI=1S/C23H24F2N6O/c1-31(2)10-4-5-14-6-9-20(32-3)16(11-14)21-17-13-26-23(28-22(17)30-29-21)27-19-8-7-15(24)12-18(19)25/h6-9,11-13H,4-5,10H2,1-3H3,(H2,26,27,28,29,30). The third-order valence-corrected chi connectivity index (χ3v) is 5.09. The Morgan fingerprint density at radius 1 is 1.12 bits per heavy atom. The molecule has 0 aliphatic heterocycles. The van der Waals surface area contributed by atoms with Crippen molar-refractivity contribution in [1.82, 2.24) is 25.1 Å². The number of halogens is 2. The number of anilines is 2. The van der Waals surface area contributed by atoms with Crippen molar-refractivity contribution < 1.29 is 13.5 Å². The molecule has 7 nitrogen and oxygen atoms in total. The van der Waals surface area contributed by atoms with Crippen LogP contribution in [0.15, 0.2) is 42.6 Å². The predicted octanol–water partition coefficient (Wildman–Crippen LogP) is 4.54. The minimum absolute atomic E-state index is 0.0774. The van der Waals surface area contributed by atoms with Gasteiger partial charge >= 0.3 is 0 Å². The summed E-state index contributed by atoms with van der Waals surface area (Å²) in [5.41, 5.74) is 3.29. The van der Waals surface area contributed by atoms with Crippen molar-refractivity contribution in [2.75, 3.05) is 33.1 Å². The lowest BCUT2D eigenvalue weighted by atomic mass is 10.0. The Bertz CT molecular complexity index is 1240. The number of ether oxygens (including phenoxy) is 1. The largest absolute Gasteiger partial charge is 0.496 e. The molecule has 32 heavy (non-hydrogen) atoms. The first-order valence-electron chi connectivity index (χ1n) is 10.2. The van der Waals surface area contributed by atoms with Crippen molar-refractivity contribution in [2.45, 2.75) is 12.8 Å². The van der Waals surface area contributed by atoms with Crippen LogP contribution in [0.25, 0.3) is 22.3 Å². The van der Waals surface area contributed by atoms with E-state index in [9.17, 15) is 8.78 Å². The van der Waals surface area contributed by atoms with Crippen LogP contribution in [-0.2, 0) is 6.42 Å². The van der Waals surface area contributed by atoms with Crippen LogP contribution in [-0.4, -0.2) is 52.8 Å². The van der Waals surface area contributed by atoms with E-state index in [4.69, 9.17) is 4.74 Å². The summed E-state index contributed by atoms with van der Waals surface area (Å²) in [4.78, 5) is 10.8. The zero-order chi connectivity index (χ0) is 22.7. The van der Waals surface area contributed by atoms with Crippen LogP contribution in [0.3, 0.4) is 0 Å². The lowest BCUT2D eigenvalue weighted by molar-refractivity contribution is 0.400. The first-order chi connectivity index (χ1) is 15.4. The summed E-state index contributed by atoms with van der Waals surface area (Å²) in [5, 5.41) is 10.8. The molecule has 0 unspecified atom stereocenters. The molecule has 0 aliphatic carbocycles. The van der Waals surface area contributed by atoms with Gasteiger partial charge in [0.25, 0.3) is 0 Å². The summed E-state index contributed by atoms with van der Waals surface area (Å²) in [6.45, 7) is 1.01. The van der Waals surface area contributed by atoms with E-state index in [0.717, 1.165) is 42.8 Å². The van der Waals surface area contributed by atoms with E-state index in [1.165, 1.54) is 11.6 Å². The lowest BCUT2D eigenvalue weighted by Gasteiger charge is -2.12. The minimum Gasteiger partial charge on any atom is -0.496 e. The van der Waals surface area contributed by atoms with E-state index in [0.29, 0.717) is 16.8 Å². The van der Waals surface area contributed by atoms with Gasteiger partial charge in [0.05, 0.1) is 23.9 Å². The number of aromatic amines is 1. The molecular formula is C23H24F2N6O. The summed E-state index contributed by atoms with van der Waals surface area (Å²) >= 11 is 0. The molecule has 4 aromatic rings. The third-order valence-electron chi connectivity index (χ3n) is 5.09. The Morgan fingerprint density at radius 2 is 1.97 bits per heavy atom. The van der Waals surface area contributed by atoms with Crippen LogP contribution in [0.5, 0.6) is 5.75 Å². The molecule has 0 saturated carbocycles. The van der Waals surface area contributed by atoms with Gasteiger partial charge in [-0.3, -0.25) is 5.10 Å². The summed E-state index contributed by atoms with van der Waals surface area (Å²) in [7, 11) is 5.74. The molecule has 166 valence electrons. The zero-order valence-electron chi connectivity index (χ0n) is 18.1. The lowest BCUT2D eigenvalue weighted by Crippen LogP contribution is -2.13. The van der Waals surface area contributed by atoms with Gasteiger partial charge in [0.15, 0.2) is 5.65 Å². The van der Waals surface area contributed by atoms with Crippen LogP contribution >= 0.6 is 0 Å². The smallest absolute Gasteiger partial charge is 0.229 e. The highest BCUT2D eigenvalue weighted by Gasteiger charge is 2.16. The van der Waals surface area contributed by atoms with E-state index in [1.807, 2.05) is 6.07 Å². The van der Waals surface area contributed by atoms with Gasteiger partial charge in [0.2, 0.25) is 5.95 Å². The van der Waals surface area contributed by atoms with Gasteiger partial charge in [0.1, 0.15) is 17.4 Å². The van der Waals surface area contributed by atoms with E-state index in [1.54, 1.807) is 13.3 Å². The van der Waals surface area contributed by atoms with Gasteiger partial charge in [0, 0.05) is 17.8 Å². The summed E-state index contributed by atoms with van der Waals surface area (Å²) in [5.74, 6) is -0.514. The molecule has 2 aromatic heterocycles. The highest BCUT2D eigenvalue weighted by atomic mass is 19.1. The second kappa shape index (κ2) is 9.27. The summed E-state index contributed by atoms with van der Waals surface area (Å²) < 4.78 is 32.6. The molecule has 2 N–H and O–H groups in total. The zero-order valence-corrected chi connectivity index (χ0v) is 18.1. The van der Waals surface area contributed by atoms with Crippen LogP contribution in [0, 0.1) is 11.6 Å². The van der Waals surface area contributed by atoms with Crippen molar-refractivity contribution in [3.05, 3.63) is 59.8 Å². The SMILES string of the molecule is COc1ccc(CCCN(C)C)cc1-c1[nH]nc2nc(Nc3ccc(F)cc3F)ncc12. The number of hydrogen-bond donors (Lipinski definition) is 2. The monoisotopic (exact) mass is 438 g/mol. The molecule has 0 aliphatic rings. The molecule has 2 aromatic carbocycles. The molecular weight excluding hydrogens is 414 g/mol. The Kier molecular flexibility index (Phi) is 6.27. The fourth-order valence-electron chi connectivity index (χ4n) is 3.49. The van der Waals surface area contributed by atoms with Gasteiger partial charge in [-0.25, -0.2) is 13.8 Å². The topological polar surface area (TPSA) is 79.0 Å². The number of rotatable bonds is 8. The average molecular weight is 438 g/mol. The van der Waals surface area contributed by atoms with E-state index in [-0.39, 0.29) is 11.6 Å². The van der Waals surface area contributed by atoms with Crippen LogP contribution < -0.4 is 10.1 Å². The molecule has 0 amide bonds. The fourth-order valence-corrected chi connectivity index (χ4v) is 3.49. The molecule has 9 heteroatoms. The second-order valence-corrected chi connectivity index (χ2v) is 7.72. The highest BCUT2D eigenvalue weighted by molar-refractivity contribution is 5.92. The number of benzene rings is 2. The van der Waals surface area contributed by atoms with Crippen molar-refractivity contribution in [3.63, 3.8) is 0 Å². The van der Waals surface area contributed by atoms with Gasteiger partial charge in [-0.1, -0.05) is 6.07 Å². The van der Waals surface area contributed by atoms with Gasteiger partial charge in [-0.05, 0) is 63.3 Å². The molecule has 2 heterocycles. The number of nitrogens with one attached hydrogen (secondary N) is 2. The summed E-state index contributed by atoms with van der Waals surface area (Å²) in [6, 6.07) is 9.34. The Labute approximate surface area is 184 Å². The third kappa shape index (κ3) is 4.67. The molecule has 0 atom stereocenters. The molecule has 0 radical (unpaired) electrons. The molecule has 0 spiro atoms. The Hall–Kier alpha value is -3.59. The van der Waals surface area contributed by atoms with Crippen LogP contribution in [0.1, 0.15) is 12.0 Å². The Balaban J connectivity index is 1.63. The number of fused-ring (bicyclic) bond motifs is 1. The number of hydrogen-bond acceptors (Lipinski definition) is 6. The first kappa shape index (κ1) is 21.6. The average Bonchev–Trinajstić information content (AvgIpc) is 3.18.